The second-order valence-corrected chi connectivity index (χ2v) is 18.4. The number of nitrogens with two attached hydrogens (primary N) is 1. The van der Waals surface area contributed by atoms with Gasteiger partial charge >= 0.3 is 0 Å². The molecule has 0 spiro atoms. The molecular weight excluding hydrogens is 856 g/mol. The first-order chi connectivity index (χ1) is 31.9. The van der Waals surface area contributed by atoms with E-state index in [4.69, 9.17) is 26.8 Å². The topological polar surface area (TPSA) is 142 Å². The van der Waals surface area contributed by atoms with E-state index in [9.17, 15) is 9.59 Å². The number of amides is 1. The molecule has 1 amide bonds. The van der Waals surface area contributed by atoms with Gasteiger partial charge in [-0.25, -0.2) is 19.9 Å². The van der Waals surface area contributed by atoms with Crippen LogP contribution in [0, 0.1) is 0 Å². The van der Waals surface area contributed by atoms with Crippen LogP contribution in [0.1, 0.15) is 98.9 Å². The molecule has 11 heteroatoms. The molecule has 2 aromatic heterocycles. The molecule has 0 aliphatic rings. The molecule has 0 saturated heterocycles. The molecule has 8 rings (SSSR count). The highest BCUT2D eigenvalue weighted by Gasteiger charge is 2.17. The SMILES string of the molecule is CC(C)(C)c1ccc(C(=O)Cl)cc1.CCc1nccc(-c2cc(N)c3cc(OC)ccc3c2)n1.CCc1nccc(-c2cc(NC(=O)c3ccc(C(C)(C)C)cc3)c3cc(OC)ccc3c2)n1. The minimum Gasteiger partial charge on any atom is -0.497 e. The van der Waals surface area contributed by atoms with Crippen LogP contribution in [0.3, 0.4) is 0 Å². The fourth-order valence-electron chi connectivity index (χ4n) is 7.23. The van der Waals surface area contributed by atoms with E-state index in [-0.39, 0.29) is 16.7 Å². The number of aromatic nitrogens is 4. The van der Waals surface area contributed by atoms with Crippen molar-refractivity contribution in [3.8, 4) is 34.0 Å². The summed E-state index contributed by atoms with van der Waals surface area (Å²) in [4.78, 5) is 41.7. The summed E-state index contributed by atoms with van der Waals surface area (Å²) in [6.45, 7) is 16.9. The standard InChI is InChI=1S/C28H29N3O2.C17H17N3O.C11H13ClO/c1-6-26-29-14-13-24(30-26)20-15-19-9-12-22(33-5)17-23(19)25(16-20)31-27(32)18-7-10-21(11-8-18)28(2,3)4;1-3-17-19-7-6-16(20-17)12-8-11-4-5-13(21-2)10-14(11)15(18)9-12;1-11(2,3)9-6-4-8(5-7-9)10(12)13/h7-17H,6H2,1-5H3,(H,31,32);4-10H,3,18H2,1-2H3;4-7H,1-3H3. The van der Waals surface area contributed by atoms with Crippen LogP contribution in [0.15, 0.2) is 134 Å². The number of ether oxygens (including phenoxy) is 2. The van der Waals surface area contributed by atoms with Gasteiger partial charge in [-0.2, -0.15) is 0 Å². The van der Waals surface area contributed by atoms with Crippen LogP contribution in [-0.4, -0.2) is 45.3 Å². The number of aryl methyl sites for hydroxylation is 2. The predicted molar refractivity (Wildman–Crippen MR) is 275 cm³/mol. The maximum absolute atomic E-state index is 13.2. The molecule has 0 saturated carbocycles. The van der Waals surface area contributed by atoms with Gasteiger partial charge in [0, 0.05) is 69.6 Å². The first-order valence-electron chi connectivity index (χ1n) is 22.3. The Morgan fingerprint density at radius 3 is 1.48 bits per heavy atom. The van der Waals surface area contributed by atoms with Crippen molar-refractivity contribution in [1.82, 2.24) is 19.9 Å². The maximum Gasteiger partial charge on any atom is 0.255 e. The van der Waals surface area contributed by atoms with E-state index in [2.05, 4.69) is 78.9 Å². The largest absolute Gasteiger partial charge is 0.497 e. The lowest BCUT2D eigenvalue weighted by Crippen LogP contribution is -2.14. The van der Waals surface area contributed by atoms with Gasteiger partial charge in [0.15, 0.2) is 0 Å². The van der Waals surface area contributed by atoms with Crippen molar-refractivity contribution < 1.29 is 19.1 Å². The number of carbonyl (C=O) groups is 2. The lowest BCUT2D eigenvalue weighted by molar-refractivity contribution is 0.102. The Hall–Kier alpha value is -7.17. The average Bonchev–Trinajstić information content (AvgIpc) is 3.33. The van der Waals surface area contributed by atoms with Crippen LogP contribution in [0.25, 0.3) is 44.1 Å². The van der Waals surface area contributed by atoms with Crippen LogP contribution in [0.5, 0.6) is 11.5 Å². The molecule has 0 fully saturated rings. The molecule has 0 unspecified atom stereocenters. The molecule has 2 heterocycles. The van der Waals surface area contributed by atoms with Gasteiger partial charge in [0.1, 0.15) is 23.1 Å². The number of fused-ring (bicyclic) bond motifs is 2. The summed E-state index contributed by atoms with van der Waals surface area (Å²) in [6.07, 6.45) is 5.13. The number of hydrogen-bond acceptors (Lipinski definition) is 9. The van der Waals surface area contributed by atoms with Crippen LogP contribution in [-0.2, 0) is 23.7 Å². The predicted octanol–water partition coefficient (Wildman–Crippen LogP) is 13.2. The molecule has 3 N–H and O–H groups in total. The summed E-state index contributed by atoms with van der Waals surface area (Å²) < 4.78 is 10.7. The Labute approximate surface area is 399 Å². The maximum atomic E-state index is 13.2. The van der Waals surface area contributed by atoms with Gasteiger partial charge < -0.3 is 20.5 Å². The Morgan fingerprint density at radius 2 is 1.03 bits per heavy atom. The molecule has 0 aliphatic heterocycles. The van der Waals surface area contributed by atoms with Gasteiger partial charge in [-0.15, -0.1) is 0 Å². The summed E-state index contributed by atoms with van der Waals surface area (Å²) in [6, 6.07) is 38.8. The Balaban J connectivity index is 0.000000185. The number of nitrogen functional groups attached to an aromatic ring is 1. The molecule has 0 radical (unpaired) electrons. The summed E-state index contributed by atoms with van der Waals surface area (Å²) in [5.74, 6) is 2.99. The summed E-state index contributed by atoms with van der Waals surface area (Å²) in [5, 5.41) is 6.66. The van der Waals surface area contributed by atoms with E-state index in [1.165, 1.54) is 11.1 Å². The van der Waals surface area contributed by atoms with Crippen LogP contribution < -0.4 is 20.5 Å². The zero-order chi connectivity index (χ0) is 48.5. The third kappa shape index (κ3) is 12.6. The highest BCUT2D eigenvalue weighted by Crippen LogP contribution is 2.34. The average molecular weight is 916 g/mol. The quantitative estimate of drug-likeness (QED) is 0.107. The number of anilines is 2. The molecular formula is C56H59ClN6O4. The second-order valence-electron chi connectivity index (χ2n) is 18.1. The van der Waals surface area contributed by atoms with Crippen molar-refractivity contribution in [2.75, 3.05) is 25.3 Å². The van der Waals surface area contributed by atoms with E-state index in [0.29, 0.717) is 16.8 Å². The fraction of sp³-hybridized carbons (Fsp3) is 0.250. The van der Waals surface area contributed by atoms with Crippen molar-refractivity contribution in [1.29, 1.82) is 0 Å². The minimum absolute atomic E-state index is 0.0327. The molecule has 0 aliphatic carbocycles. The smallest absolute Gasteiger partial charge is 0.255 e. The summed E-state index contributed by atoms with van der Waals surface area (Å²) in [5.41, 5.74) is 15.0. The summed E-state index contributed by atoms with van der Waals surface area (Å²) in [7, 11) is 3.29. The highest BCUT2D eigenvalue weighted by molar-refractivity contribution is 6.67. The lowest BCUT2D eigenvalue weighted by Gasteiger charge is -2.19. The van der Waals surface area contributed by atoms with E-state index >= 15 is 0 Å². The third-order valence-electron chi connectivity index (χ3n) is 11.2. The Morgan fingerprint density at radius 1 is 0.582 bits per heavy atom. The monoisotopic (exact) mass is 914 g/mol. The molecule has 8 aromatic rings. The van der Waals surface area contributed by atoms with Crippen molar-refractivity contribution >= 4 is 55.7 Å². The van der Waals surface area contributed by atoms with E-state index in [1.807, 2.05) is 111 Å². The van der Waals surface area contributed by atoms with Gasteiger partial charge in [-0.1, -0.05) is 91.8 Å². The molecule has 10 nitrogen and oxygen atoms in total. The van der Waals surface area contributed by atoms with Crippen molar-refractivity contribution in [3.05, 3.63) is 168 Å². The van der Waals surface area contributed by atoms with E-state index in [1.54, 1.807) is 38.7 Å². The molecule has 67 heavy (non-hydrogen) atoms. The minimum atomic E-state index is -0.402. The van der Waals surface area contributed by atoms with Gasteiger partial charge in [-0.05, 0) is 129 Å². The second kappa shape index (κ2) is 21.4. The molecule has 6 aromatic carbocycles. The number of nitrogens with one attached hydrogen (secondary N) is 1. The van der Waals surface area contributed by atoms with E-state index in [0.717, 1.165) is 85.7 Å². The van der Waals surface area contributed by atoms with Crippen LogP contribution in [0.2, 0.25) is 0 Å². The first kappa shape index (κ1) is 49.3. The number of halogens is 1. The van der Waals surface area contributed by atoms with Crippen LogP contribution in [0.4, 0.5) is 11.4 Å². The Kier molecular flexibility index (Phi) is 15.8. The zero-order valence-electron chi connectivity index (χ0n) is 40.0. The fourth-order valence-corrected chi connectivity index (χ4v) is 7.36. The Bertz CT molecular complexity index is 3010. The highest BCUT2D eigenvalue weighted by atomic mass is 35.5. The molecule has 0 atom stereocenters. The lowest BCUT2D eigenvalue weighted by atomic mass is 9.86. The molecule has 0 bridgehead atoms. The van der Waals surface area contributed by atoms with Crippen LogP contribution >= 0.6 is 11.6 Å². The molecule has 344 valence electrons. The van der Waals surface area contributed by atoms with Crippen molar-refractivity contribution in [2.45, 2.75) is 79.1 Å². The third-order valence-corrected chi connectivity index (χ3v) is 11.4. The van der Waals surface area contributed by atoms with Gasteiger partial charge in [0.05, 0.1) is 25.6 Å². The van der Waals surface area contributed by atoms with Gasteiger partial charge in [-0.3, -0.25) is 9.59 Å². The first-order valence-corrected chi connectivity index (χ1v) is 22.6. The number of benzene rings is 6. The number of hydrogen-bond donors (Lipinski definition) is 2. The van der Waals surface area contributed by atoms with Crippen molar-refractivity contribution in [2.24, 2.45) is 0 Å². The summed E-state index contributed by atoms with van der Waals surface area (Å²) >= 11 is 5.33. The van der Waals surface area contributed by atoms with E-state index < -0.39 is 5.24 Å². The number of methoxy groups -OCH3 is 2. The normalized spacial score (nSPS) is 11.2. The van der Waals surface area contributed by atoms with Crippen molar-refractivity contribution in [3.63, 3.8) is 0 Å². The van der Waals surface area contributed by atoms with Gasteiger partial charge in [0.2, 0.25) is 0 Å². The zero-order valence-corrected chi connectivity index (χ0v) is 40.7. The number of carbonyl (C=O) groups excluding carboxylic acids is 2. The number of rotatable bonds is 9. The van der Waals surface area contributed by atoms with Gasteiger partial charge in [0.25, 0.3) is 11.1 Å². The number of nitrogens with zero attached hydrogens (tertiary/aromatic N) is 4.